The minimum Gasteiger partial charge on any atom is -0.368 e. The first-order valence-corrected chi connectivity index (χ1v) is 13.0. The smallest absolute Gasteiger partial charge is 0.270 e. The maximum atomic E-state index is 13.5. The Bertz CT molecular complexity index is 1400. The van der Waals surface area contributed by atoms with Gasteiger partial charge in [0.25, 0.3) is 5.91 Å². The summed E-state index contributed by atoms with van der Waals surface area (Å²) in [6.45, 7) is 8.88. The molecule has 2 saturated heterocycles. The lowest BCUT2D eigenvalue weighted by Gasteiger charge is -2.36. The van der Waals surface area contributed by atoms with Crippen LogP contribution in [-0.2, 0) is 13.6 Å². The number of pyridine rings is 1. The lowest BCUT2D eigenvalue weighted by Crippen LogP contribution is -2.49. The first-order valence-electron chi connectivity index (χ1n) is 13.0. The molecule has 0 unspecified atom stereocenters. The third-order valence-electron chi connectivity index (χ3n) is 7.76. The lowest BCUT2D eigenvalue weighted by molar-refractivity contribution is 0.0736. The van der Waals surface area contributed by atoms with Crippen LogP contribution in [0.5, 0.6) is 0 Å². The molecule has 0 atom stereocenters. The average Bonchev–Trinajstić information content (AvgIpc) is 3.25. The average molecular weight is 509 g/mol. The summed E-state index contributed by atoms with van der Waals surface area (Å²) in [6, 6.07) is 17.9. The summed E-state index contributed by atoms with van der Waals surface area (Å²) in [7, 11) is 1.96. The van der Waals surface area contributed by atoms with E-state index in [4.69, 9.17) is 0 Å². The monoisotopic (exact) mass is 508 g/mol. The number of benzene rings is 1. The van der Waals surface area contributed by atoms with Crippen molar-refractivity contribution >= 4 is 17.4 Å². The van der Waals surface area contributed by atoms with Gasteiger partial charge in [-0.2, -0.15) is 10.5 Å². The summed E-state index contributed by atoms with van der Waals surface area (Å²) in [5.41, 5.74) is 5.27. The molecule has 0 N–H and O–H groups in total. The van der Waals surface area contributed by atoms with Gasteiger partial charge in [0.1, 0.15) is 23.7 Å². The van der Waals surface area contributed by atoms with Crippen LogP contribution >= 0.6 is 0 Å². The van der Waals surface area contributed by atoms with Crippen molar-refractivity contribution in [3.8, 4) is 12.1 Å². The van der Waals surface area contributed by atoms with Gasteiger partial charge in [-0.3, -0.25) is 9.69 Å². The molecule has 0 saturated carbocycles. The number of aromatic nitrogens is 2. The number of rotatable bonds is 5. The second kappa shape index (κ2) is 11.0. The second-order valence-electron chi connectivity index (χ2n) is 9.86. The molecule has 4 heterocycles. The van der Waals surface area contributed by atoms with Crippen molar-refractivity contribution in [1.29, 1.82) is 10.5 Å². The Morgan fingerprint density at radius 2 is 1.55 bits per heavy atom. The molecule has 194 valence electrons. The van der Waals surface area contributed by atoms with Crippen molar-refractivity contribution in [3.63, 3.8) is 0 Å². The van der Waals surface area contributed by atoms with Crippen LogP contribution in [-0.4, -0.2) is 77.6 Å². The Morgan fingerprint density at radius 1 is 0.895 bits per heavy atom. The Balaban J connectivity index is 1.20. The molecule has 5 rings (SSSR count). The molecule has 0 aliphatic carbocycles. The number of nitriles is 2. The number of carbonyl (C=O) groups excluding carboxylic acids is 1. The van der Waals surface area contributed by atoms with Crippen LogP contribution in [0.1, 0.15) is 32.9 Å². The number of nitrogens with zero attached hydrogens (tertiary/aromatic N) is 8. The molecule has 2 aliphatic heterocycles. The minimum absolute atomic E-state index is 0.0426. The molecule has 38 heavy (non-hydrogen) atoms. The van der Waals surface area contributed by atoms with Gasteiger partial charge in [-0.1, -0.05) is 12.1 Å². The summed E-state index contributed by atoms with van der Waals surface area (Å²) in [6.07, 6.45) is 1.70. The molecular weight excluding hydrogens is 476 g/mol. The quantitative estimate of drug-likeness (QED) is 0.523. The Morgan fingerprint density at radius 3 is 2.26 bits per heavy atom. The van der Waals surface area contributed by atoms with E-state index in [1.54, 1.807) is 18.3 Å². The fraction of sp³-hybridized carbons (Fsp3) is 0.379. The van der Waals surface area contributed by atoms with Crippen molar-refractivity contribution in [2.45, 2.75) is 13.5 Å². The van der Waals surface area contributed by atoms with E-state index in [1.807, 2.05) is 46.8 Å². The van der Waals surface area contributed by atoms with E-state index in [1.165, 1.54) is 5.56 Å². The highest BCUT2D eigenvalue weighted by atomic mass is 16.2. The number of piperazine rings is 2. The molecule has 9 nitrogen and oxygen atoms in total. The highest BCUT2D eigenvalue weighted by Gasteiger charge is 2.27. The van der Waals surface area contributed by atoms with Crippen molar-refractivity contribution in [1.82, 2.24) is 19.4 Å². The van der Waals surface area contributed by atoms with Crippen molar-refractivity contribution in [2.24, 2.45) is 7.05 Å². The topological polar surface area (TPSA) is 95.4 Å². The van der Waals surface area contributed by atoms with Gasteiger partial charge in [-0.25, -0.2) is 4.98 Å². The maximum absolute atomic E-state index is 13.5. The molecule has 2 aromatic heterocycles. The van der Waals surface area contributed by atoms with Gasteiger partial charge in [-0.15, -0.1) is 0 Å². The van der Waals surface area contributed by atoms with Crippen LogP contribution in [0, 0.1) is 29.6 Å². The number of hydrogen-bond donors (Lipinski definition) is 0. The zero-order valence-corrected chi connectivity index (χ0v) is 22.0. The molecule has 0 radical (unpaired) electrons. The normalized spacial score (nSPS) is 16.3. The number of hydrogen-bond acceptors (Lipinski definition) is 7. The van der Waals surface area contributed by atoms with Crippen LogP contribution in [0.2, 0.25) is 0 Å². The Labute approximate surface area is 223 Å². The van der Waals surface area contributed by atoms with E-state index in [0.29, 0.717) is 43.3 Å². The van der Waals surface area contributed by atoms with Crippen LogP contribution in [0.3, 0.4) is 0 Å². The van der Waals surface area contributed by atoms with Gasteiger partial charge in [0.15, 0.2) is 0 Å². The van der Waals surface area contributed by atoms with E-state index in [-0.39, 0.29) is 5.91 Å². The molecular formula is C29H32N8O. The highest BCUT2D eigenvalue weighted by molar-refractivity contribution is 5.93. The van der Waals surface area contributed by atoms with Crippen LogP contribution in [0.4, 0.5) is 11.5 Å². The zero-order chi connectivity index (χ0) is 26.6. The third kappa shape index (κ3) is 4.93. The van der Waals surface area contributed by atoms with E-state index in [2.05, 4.69) is 38.7 Å². The maximum Gasteiger partial charge on any atom is 0.270 e. The number of para-hydroxylation sites is 1. The van der Waals surface area contributed by atoms with Crippen molar-refractivity contribution < 1.29 is 4.79 Å². The fourth-order valence-corrected chi connectivity index (χ4v) is 5.38. The van der Waals surface area contributed by atoms with Gasteiger partial charge in [-0.05, 0) is 42.8 Å². The van der Waals surface area contributed by atoms with Crippen LogP contribution in [0.15, 0.2) is 48.7 Å². The Kier molecular flexibility index (Phi) is 7.30. The molecule has 1 aromatic carbocycles. The number of anilines is 2. The summed E-state index contributed by atoms with van der Waals surface area (Å²) >= 11 is 0. The third-order valence-corrected chi connectivity index (χ3v) is 7.76. The Hall–Kier alpha value is -4.34. The molecule has 2 fully saturated rings. The summed E-state index contributed by atoms with van der Waals surface area (Å²) in [4.78, 5) is 26.5. The molecule has 0 spiro atoms. The second-order valence-corrected chi connectivity index (χ2v) is 9.86. The predicted octanol–water partition coefficient (Wildman–Crippen LogP) is 2.76. The first-order chi connectivity index (χ1) is 18.5. The fourth-order valence-electron chi connectivity index (χ4n) is 5.38. The largest absolute Gasteiger partial charge is 0.368 e. The molecule has 1 amide bonds. The van der Waals surface area contributed by atoms with E-state index in [9.17, 15) is 15.3 Å². The van der Waals surface area contributed by atoms with Crippen LogP contribution in [0.25, 0.3) is 0 Å². The molecule has 3 aromatic rings. The van der Waals surface area contributed by atoms with Gasteiger partial charge in [0.05, 0.1) is 16.8 Å². The van der Waals surface area contributed by atoms with E-state index >= 15 is 0 Å². The number of carbonyl (C=O) groups is 1. The van der Waals surface area contributed by atoms with Crippen molar-refractivity contribution in [2.75, 3.05) is 62.2 Å². The van der Waals surface area contributed by atoms with Gasteiger partial charge in [0.2, 0.25) is 0 Å². The van der Waals surface area contributed by atoms with Crippen molar-refractivity contribution in [3.05, 3.63) is 76.7 Å². The van der Waals surface area contributed by atoms with Gasteiger partial charge >= 0.3 is 0 Å². The molecule has 2 aliphatic rings. The number of amides is 1. The van der Waals surface area contributed by atoms with Gasteiger partial charge in [0, 0.05) is 77.8 Å². The standard InChI is InChI=1S/C29H32N8O/c1-22-25(21-34-10-12-35(13-11-34)26-8-4-3-6-23(26)19-30)18-27(33(22)2)29(38)37-16-14-36(15-17-37)28-24(20-31)7-5-9-32-28/h3-9,18H,10-17,21H2,1-2H3. The van der Waals surface area contributed by atoms with E-state index in [0.717, 1.165) is 49.7 Å². The predicted molar refractivity (Wildman–Crippen MR) is 146 cm³/mol. The van der Waals surface area contributed by atoms with Crippen LogP contribution < -0.4 is 9.80 Å². The van der Waals surface area contributed by atoms with E-state index < -0.39 is 0 Å². The highest BCUT2D eigenvalue weighted by Crippen LogP contribution is 2.24. The lowest BCUT2D eigenvalue weighted by atomic mass is 10.1. The summed E-state index contributed by atoms with van der Waals surface area (Å²) in [5, 5.41) is 18.8. The SMILES string of the molecule is Cc1c(CN2CCN(c3ccccc3C#N)CC2)cc(C(=O)N2CCN(c3ncccc3C#N)CC2)n1C. The van der Waals surface area contributed by atoms with Gasteiger partial charge < -0.3 is 19.3 Å². The minimum atomic E-state index is 0.0426. The first kappa shape index (κ1) is 25.3. The summed E-state index contributed by atoms with van der Waals surface area (Å²) in [5.74, 6) is 0.733. The zero-order valence-electron chi connectivity index (χ0n) is 22.0. The summed E-state index contributed by atoms with van der Waals surface area (Å²) < 4.78 is 2.01. The molecule has 9 heteroatoms. The molecule has 0 bridgehead atoms.